The molecule has 4 rings (SSSR count). The molecule has 0 saturated heterocycles. The lowest BCUT2D eigenvalue weighted by Crippen LogP contribution is -2.38. The Labute approximate surface area is 181 Å². The summed E-state index contributed by atoms with van der Waals surface area (Å²) in [6.45, 7) is 1.93. The van der Waals surface area contributed by atoms with Gasteiger partial charge in [0.25, 0.3) is 5.56 Å². The van der Waals surface area contributed by atoms with Crippen molar-refractivity contribution in [2.24, 2.45) is 5.92 Å². The third kappa shape index (κ3) is 3.86. The molecular weight excluding hydrogens is 398 g/mol. The second-order valence-electron chi connectivity index (χ2n) is 8.06. The van der Waals surface area contributed by atoms with E-state index in [0.29, 0.717) is 27.4 Å². The van der Waals surface area contributed by atoms with E-state index in [0.717, 1.165) is 25.7 Å². The molecule has 0 aliphatic heterocycles. The summed E-state index contributed by atoms with van der Waals surface area (Å²) in [7, 11) is 1.81. The minimum Gasteiger partial charge on any atom is -0.336 e. The summed E-state index contributed by atoms with van der Waals surface area (Å²) < 4.78 is 1.61. The first-order valence-corrected chi connectivity index (χ1v) is 10.9. The Morgan fingerprint density at radius 2 is 1.77 bits per heavy atom. The Kier molecular flexibility index (Phi) is 5.91. The molecule has 0 spiro atoms. The molecule has 0 bridgehead atoms. The van der Waals surface area contributed by atoms with Gasteiger partial charge >= 0.3 is 0 Å². The van der Waals surface area contributed by atoms with Gasteiger partial charge in [0.15, 0.2) is 0 Å². The lowest BCUT2D eigenvalue weighted by atomic mass is 9.88. The summed E-state index contributed by atoms with van der Waals surface area (Å²) >= 11 is 6.06. The molecule has 0 N–H and O–H groups in total. The first-order valence-electron chi connectivity index (χ1n) is 10.5. The van der Waals surface area contributed by atoms with E-state index in [9.17, 15) is 9.59 Å². The molecule has 5 nitrogen and oxygen atoms in total. The molecule has 1 amide bonds. The van der Waals surface area contributed by atoms with Gasteiger partial charge in [-0.15, -0.1) is 0 Å². The fraction of sp³-hybridized carbons (Fsp3) is 0.375. The van der Waals surface area contributed by atoms with Gasteiger partial charge in [0, 0.05) is 18.0 Å². The Bertz CT molecular complexity index is 1120. The average Bonchev–Trinajstić information content (AvgIpc) is 2.79. The van der Waals surface area contributed by atoms with Crippen molar-refractivity contribution in [1.82, 2.24) is 14.5 Å². The predicted octanol–water partition coefficient (Wildman–Crippen LogP) is 5.14. The Hall–Kier alpha value is -2.66. The van der Waals surface area contributed by atoms with Crippen molar-refractivity contribution in [1.29, 1.82) is 0 Å². The largest absolute Gasteiger partial charge is 0.336 e. The summed E-state index contributed by atoms with van der Waals surface area (Å²) in [5.74, 6) is 0.738. The van der Waals surface area contributed by atoms with Crippen LogP contribution < -0.4 is 5.56 Å². The molecule has 6 heteroatoms. The fourth-order valence-corrected chi connectivity index (χ4v) is 4.40. The number of rotatable bonds is 4. The van der Waals surface area contributed by atoms with Crippen molar-refractivity contribution in [2.75, 3.05) is 7.05 Å². The minimum atomic E-state index is -0.354. The van der Waals surface area contributed by atoms with Crippen LogP contribution in [0, 0.1) is 5.92 Å². The number of carbonyl (C=O) groups is 1. The van der Waals surface area contributed by atoms with Crippen LogP contribution >= 0.6 is 11.6 Å². The van der Waals surface area contributed by atoms with Crippen LogP contribution in [0.3, 0.4) is 0 Å². The summed E-state index contributed by atoms with van der Waals surface area (Å²) in [5, 5.41) is 1.14. The van der Waals surface area contributed by atoms with Gasteiger partial charge in [-0.25, -0.2) is 4.98 Å². The zero-order valence-corrected chi connectivity index (χ0v) is 18.1. The molecule has 1 unspecified atom stereocenters. The van der Waals surface area contributed by atoms with E-state index in [-0.39, 0.29) is 23.4 Å². The number of amides is 1. The van der Waals surface area contributed by atoms with Crippen molar-refractivity contribution in [3.05, 3.63) is 69.7 Å². The van der Waals surface area contributed by atoms with E-state index in [4.69, 9.17) is 16.6 Å². The topological polar surface area (TPSA) is 55.2 Å². The van der Waals surface area contributed by atoms with Crippen LogP contribution in [-0.4, -0.2) is 27.4 Å². The zero-order valence-electron chi connectivity index (χ0n) is 17.3. The third-order valence-electron chi connectivity index (χ3n) is 6.14. The molecule has 1 aromatic heterocycles. The number of para-hydroxylation sites is 1. The number of carbonyl (C=O) groups excluding carboxylic acids is 1. The monoisotopic (exact) mass is 423 g/mol. The molecule has 1 saturated carbocycles. The maximum atomic E-state index is 13.4. The van der Waals surface area contributed by atoms with Gasteiger partial charge in [-0.05, 0) is 56.2 Å². The second kappa shape index (κ2) is 8.60. The number of benzene rings is 2. The standard InChI is InChI=1S/C24H26ClN3O2/c1-16(27(2)23(29)17-8-4-3-5-9-17)22-26-21-11-7-6-10-20(21)24(30)28(22)19-14-12-18(25)13-15-19/h6-7,10-17H,3-5,8-9H2,1-2H3. The summed E-state index contributed by atoms with van der Waals surface area (Å²) in [4.78, 5) is 33.1. The number of hydrogen-bond donors (Lipinski definition) is 0. The molecule has 156 valence electrons. The van der Waals surface area contributed by atoms with Gasteiger partial charge in [0.05, 0.1) is 22.6 Å². The third-order valence-corrected chi connectivity index (χ3v) is 6.40. The van der Waals surface area contributed by atoms with Crippen LogP contribution in [0.25, 0.3) is 16.6 Å². The molecule has 1 atom stereocenters. The van der Waals surface area contributed by atoms with Crippen molar-refractivity contribution >= 4 is 28.4 Å². The summed E-state index contributed by atoms with van der Waals surface area (Å²) in [6, 6.07) is 14.1. The van der Waals surface area contributed by atoms with Gasteiger partial charge in [0.1, 0.15) is 5.82 Å². The van der Waals surface area contributed by atoms with Crippen LogP contribution in [0.1, 0.15) is 50.9 Å². The Balaban J connectivity index is 1.82. The number of nitrogens with zero attached hydrogens (tertiary/aromatic N) is 3. The van der Waals surface area contributed by atoms with Crippen molar-refractivity contribution in [2.45, 2.75) is 45.1 Å². The maximum Gasteiger partial charge on any atom is 0.266 e. The number of fused-ring (bicyclic) bond motifs is 1. The molecule has 1 heterocycles. The number of aromatic nitrogens is 2. The fourth-order valence-electron chi connectivity index (χ4n) is 4.27. The number of hydrogen-bond acceptors (Lipinski definition) is 3. The average molecular weight is 424 g/mol. The van der Waals surface area contributed by atoms with Crippen LogP contribution in [-0.2, 0) is 4.79 Å². The molecule has 0 radical (unpaired) electrons. The van der Waals surface area contributed by atoms with Gasteiger partial charge in [-0.2, -0.15) is 0 Å². The van der Waals surface area contributed by atoms with Crippen LogP contribution in [0.2, 0.25) is 5.02 Å². The Morgan fingerprint density at radius 3 is 2.47 bits per heavy atom. The van der Waals surface area contributed by atoms with E-state index in [1.54, 1.807) is 39.8 Å². The first-order chi connectivity index (χ1) is 14.5. The van der Waals surface area contributed by atoms with Gasteiger partial charge < -0.3 is 4.90 Å². The van der Waals surface area contributed by atoms with Gasteiger partial charge in [-0.1, -0.05) is 43.0 Å². The summed E-state index contributed by atoms with van der Waals surface area (Å²) in [6.07, 6.45) is 5.27. The Morgan fingerprint density at radius 1 is 1.10 bits per heavy atom. The highest BCUT2D eigenvalue weighted by Crippen LogP contribution is 2.29. The van der Waals surface area contributed by atoms with E-state index in [1.165, 1.54) is 6.42 Å². The van der Waals surface area contributed by atoms with Gasteiger partial charge in [-0.3, -0.25) is 14.2 Å². The highest BCUT2D eigenvalue weighted by molar-refractivity contribution is 6.30. The smallest absolute Gasteiger partial charge is 0.266 e. The zero-order chi connectivity index (χ0) is 21.3. The predicted molar refractivity (Wildman–Crippen MR) is 120 cm³/mol. The molecule has 30 heavy (non-hydrogen) atoms. The van der Waals surface area contributed by atoms with Crippen LogP contribution in [0.4, 0.5) is 0 Å². The van der Waals surface area contributed by atoms with Crippen molar-refractivity contribution < 1.29 is 4.79 Å². The van der Waals surface area contributed by atoms with E-state index < -0.39 is 0 Å². The normalized spacial score (nSPS) is 15.8. The second-order valence-corrected chi connectivity index (χ2v) is 8.50. The SMILES string of the molecule is CC(c1nc2ccccc2c(=O)n1-c1ccc(Cl)cc1)N(C)C(=O)C1CCCCC1. The highest BCUT2D eigenvalue weighted by atomic mass is 35.5. The van der Waals surface area contributed by atoms with Gasteiger partial charge in [0.2, 0.25) is 5.91 Å². The number of halogens is 1. The lowest BCUT2D eigenvalue weighted by Gasteiger charge is -2.31. The highest BCUT2D eigenvalue weighted by Gasteiger charge is 2.29. The lowest BCUT2D eigenvalue weighted by molar-refractivity contribution is -0.137. The van der Waals surface area contributed by atoms with Crippen LogP contribution in [0.5, 0.6) is 0 Å². The molecule has 1 fully saturated rings. The molecule has 1 aliphatic carbocycles. The molecular formula is C24H26ClN3O2. The molecule has 2 aromatic carbocycles. The summed E-state index contributed by atoms with van der Waals surface area (Å²) in [5.41, 5.74) is 1.17. The molecule has 1 aliphatic rings. The molecule has 3 aromatic rings. The van der Waals surface area contributed by atoms with E-state index >= 15 is 0 Å². The minimum absolute atomic E-state index is 0.0577. The van der Waals surface area contributed by atoms with Crippen molar-refractivity contribution in [3.8, 4) is 5.69 Å². The van der Waals surface area contributed by atoms with Crippen LogP contribution in [0.15, 0.2) is 53.3 Å². The maximum absolute atomic E-state index is 13.4. The first kappa shape index (κ1) is 20.6. The van der Waals surface area contributed by atoms with E-state index in [2.05, 4.69) is 0 Å². The van der Waals surface area contributed by atoms with Crippen molar-refractivity contribution in [3.63, 3.8) is 0 Å². The van der Waals surface area contributed by atoms with E-state index in [1.807, 2.05) is 32.2 Å². The quantitative estimate of drug-likeness (QED) is 0.583.